The molecular formula is C18H32ClN2O7PS. The number of aliphatic hydroxyl groups is 1. The molecule has 3 aliphatic heterocycles. The summed E-state index contributed by atoms with van der Waals surface area (Å²) in [7, 11) is -2.43. The average molecular weight is 487 g/mol. The number of phosphoric ester groups is 1. The molecule has 0 aromatic heterocycles. The van der Waals surface area contributed by atoms with E-state index in [4.69, 9.17) is 25.4 Å². The van der Waals surface area contributed by atoms with Gasteiger partial charge in [0.2, 0.25) is 5.91 Å². The summed E-state index contributed by atoms with van der Waals surface area (Å²) in [5, 5.41) is 13.1. The van der Waals surface area contributed by atoms with Crippen LogP contribution in [0.4, 0.5) is 0 Å². The second-order valence-electron chi connectivity index (χ2n) is 8.36. The largest absolute Gasteiger partial charge is 0.473 e. The van der Waals surface area contributed by atoms with Crippen LogP contribution in [0.3, 0.4) is 0 Å². The number of nitrogens with one attached hydrogen (secondary N) is 1. The SMILES string of the molecule is CCC[C@@H]1C[C@@H](C(=O)N[C@@H]([C@H]2O[C@H](SC)[C@@H]3OP(=O)(O)O[C@@H]2[C@@H]3O)[C@H](C)Cl)N(C)C1. The molecule has 3 rings (SSSR count). The van der Waals surface area contributed by atoms with Gasteiger partial charge in [0.05, 0.1) is 17.5 Å². The second-order valence-corrected chi connectivity index (χ2v) is 11.3. The Morgan fingerprint density at radius 2 is 2.07 bits per heavy atom. The number of likely N-dealkylation sites (N-methyl/N-ethyl adjacent to an activating group) is 1. The first-order chi connectivity index (χ1) is 14.1. The molecule has 10 atom stereocenters. The minimum absolute atomic E-state index is 0.172. The molecular weight excluding hydrogens is 455 g/mol. The number of halogens is 1. The number of hydrogen-bond donors (Lipinski definition) is 3. The Balaban J connectivity index is 1.78. The van der Waals surface area contributed by atoms with Gasteiger partial charge >= 0.3 is 7.82 Å². The van der Waals surface area contributed by atoms with Gasteiger partial charge in [0, 0.05) is 6.54 Å². The van der Waals surface area contributed by atoms with E-state index in [1.807, 2.05) is 11.9 Å². The Morgan fingerprint density at radius 1 is 1.40 bits per heavy atom. The molecule has 0 aromatic rings. The standard InChI is InChI=1S/C18H32ClN2O7PS/c1-5-6-10-7-11(21(3)8-10)17(23)20-12(9(2)19)14-15-13(22)16(18(26-14)30-4)28-29(24,25)27-15/h9-16,18,22H,5-8H2,1-4H3,(H,20,23)(H,24,25)/t9-,10+,11-,12+,13-,14+,15+,16+,18+/m0/s1. The minimum atomic E-state index is -4.36. The van der Waals surface area contributed by atoms with Crippen molar-refractivity contribution in [2.45, 2.75) is 80.4 Å². The van der Waals surface area contributed by atoms with E-state index in [0.717, 1.165) is 25.8 Å². The number of hydrogen-bond acceptors (Lipinski definition) is 8. The molecule has 1 amide bonds. The maximum absolute atomic E-state index is 13.1. The van der Waals surface area contributed by atoms with Gasteiger partial charge in [-0.3, -0.25) is 18.7 Å². The van der Waals surface area contributed by atoms with Gasteiger partial charge in [0.15, 0.2) is 0 Å². The first-order valence-electron chi connectivity index (χ1n) is 10.3. The van der Waals surface area contributed by atoms with Crippen molar-refractivity contribution in [2.75, 3.05) is 19.8 Å². The average Bonchev–Trinajstić information content (AvgIpc) is 3.02. The summed E-state index contributed by atoms with van der Waals surface area (Å²) in [5.74, 6) is 0.296. The third-order valence-electron chi connectivity index (χ3n) is 6.09. The number of amides is 1. The Morgan fingerprint density at radius 3 is 2.67 bits per heavy atom. The maximum Gasteiger partial charge on any atom is 0.473 e. The first-order valence-corrected chi connectivity index (χ1v) is 13.5. The quantitative estimate of drug-likeness (QED) is 0.364. The number of nitrogens with zero attached hydrogens (tertiary/aromatic N) is 1. The summed E-state index contributed by atoms with van der Waals surface area (Å²) in [6.07, 6.45) is 0.396. The fourth-order valence-corrected chi connectivity index (χ4v) is 6.80. The molecule has 0 spiro atoms. The Kier molecular flexibility index (Phi) is 8.19. The lowest BCUT2D eigenvalue weighted by atomic mass is 9.92. The van der Waals surface area contributed by atoms with Gasteiger partial charge in [-0.25, -0.2) is 4.57 Å². The van der Waals surface area contributed by atoms with Crippen LogP contribution in [-0.4, -0.2) is 88.0 Å². The van der Waals surface area contributed by atoms with E-state index in [-0.39, 0.29) is 11.9 Å². The molecule has 9 nitrogen and oxygen atoms in total. The number of thioether (sulfide) groups is 1. The van der Waals surface area contributed by atoms with E-state index in [1.165, 1.54) is 11.8 Å². The first kappa shape index (κ1) is 24.7. The number of aliphatic hydroxyl groups excluding tert-OH is 1. The lowest BCUT2D eigenvalue weighted by molar-refractivity contribution is -0.223. The molecule has 3 aliphatic rings. The van der Waals surface area contributed by atoms with Crippen LogP contribution >= 0.6 is 31.2 Å². The number of likely N-dealkylation sites (tertiary alicyclic amines) is 1. The van der Waals surface area contributed by atoms with Crippen molar-refractivity contribution in [3.8, 4) is 0 Å². The van der Waals surface area contributed by atoms with Crippen molar-refractivity contribution in [1.82, 2.24) is 10.2 Å². The zero-order chi connectivity index (χ0) is 22.2. The number of carbonyl (C=O) groups is 1. The van der Waals surface area contributed by atoms with Crippen molar-refractivity contribution in [2.24, 2.45) is 5.92 Å². The summed E-state index contributed by atoms with van der Waals surface area (Å²) in [6, 6.07) is -1.01. The zero-order valence-electron chi connectivity index (χ0n) is 17.6. The van der Waals surface area contributed by atoms with Crippen LogP contribution in [0.25, 0.3) is 0 Å². The fraction of sp³-hybridized carbons (Fsp3) is 0.944. The second kappa shape index (κ2) is 9.93. The monoisotopic (exact) mass is 486 g/mol. The highest BCUT2D eigenvalue weighted by Crippen LogP contribution is 2.55. The minimum Gasteiger partial charge on any atom is -0.387 e. The molecule has 2 bridgehead atoms. The van der Waals surface area contributed by atoms with Crippen LogP contribution in [0.2, 0.25) is 0 Å². The normalized spacial score (nSPS) is 43.9. The van der Waals surface area contributed by atoms with Gasteiger partial charge in [-0.1, -0.05) is 13.3 Å². The van der Waals surface area contributed by atoms with E-state index < -0.39 is 49.1 Å². The Hall–Kier alpha value is 0.1000. The van der Waals surface area contributed by atoms with Crippen molar-refractivity contribution in [1.29, 1.82) is 0 Å². The van der Waals surface area contributed by atoms with E-state index >= 15 is 0 Å². The van der Waals surface area contributed by atoms with Crippen LogP contribution in [0.5, 0.6) is 0 Å². The van der Waals surface area contributed by atoms with E-state index in [9.17, 15) is 19.4 Å². The molecule has 3 heterocycles. The summed E-state index contributed by atoms with van der Waals surface area (Å²) in [4.78, 5) is 25.1. The van der Waals surface area contributed by atoms with Crippen molar-refractivity contribution >= 4 is 37.1 Å². The summed E-state index contributed by atoms with van der Waals surface area (Å²) < 4.78 is 28.4. The summed E-state index contributed by atoms with van der Waals surface area (Å²) in [5.41, 5.74) is -0.705. The smallest absolute Gasteiger partial charge is 0.387 e. The van der Waals surface area contributed by atoms with Crippen LogP contribution < -0.4 is 5.32 Å². The van der Waals surface area contributed by atoms with E-state index in [1.54, 1.807) is 13.2 Å². The highest BCUT2D eigenvalue weighted by Gasteiger charge is 2.58. The third kappa shape index (κ3) is 5.18. The molecule has 0 aromatic carbocycles. The highest BCUT2D eigenvalue weighted by molar-refractivity contribution is 7.99. The van der Waals surface area contributed by atoms with Crippen molar-refractivity contribution < 1.29 is 33.1 Å². The van der Waals surface area contributed by atoms with Gasteiger partial charge in [0.25, 0.3) is 0 Å². The van der Waals surface area contributed by atoms with Gasteiger partial charge < -0.3 is 20.1 Å². The summed E-state index contributed by atoms with van der Waals surface area (Å²) >= 11 is 7.66. The van der Waals surface area contributed by atoms with Gasteiger partial charge in [-0.2, -0.15) is 0 Å². The molecule has 3 fully saturated rings. The molecule has 0 radical (unpaired) electrons. The molecule has 3 saturated heterocycles. The number of fused-ring (bicyclic) bond motifs is 2. The zero-order valence-corrected chi connectivity index (χ0v) is 20.1. The predicted octanol–water partition coefficient (Wildman–Crippen LogP) is 1.55. The Bertz CT molecular complexity index is 672. The molecule has 30 heavy (non-hydrogen) atoms. The lowest BCUT2D eigenvalue weighted by Gasteiger charge is -2.50. The number of alkyl halides is 1. The molecule has 0 aliphatic carbocycles. The van der Waals surface area contributed by atoms with Crippen molar-refractivity contribution in [3.05, 3.63) is 0 Å². The van der Waals surface area contributed by atoms with Crippen LogP contribution in [0.1, 0.15) is 33.1 Å². The number of phosphoric acid groups is 1. The fourth-order valence-electron chi connectivity index (χ4n) is 4.65. The Labute approximate surface area is 186 Å². The van der Waals surface area contributed by atoms with Crippen molar-refractivity contribution in [3.63, 3.8) is 0 Å². The maximum atomic E-state index is 13.1. The predicted molar refractivity (Wildman–Crippen MR) is 114 cm³/mol. The number of carbonyl (C=O) groups excluding carboxylic acids is 1. The van der Waals surface area contributed by atoms with Gasteiger partial charge in [-0.05, 0) is 39.0 Å². The molecule has 174 valence electrons. The number of rotatable bonds is 7. The topological polar surface area (TPSA) is 118 Å². The highest BCUT2D eigenvalue weighted by atomic mass is 35.5. The van der Waals surface area contributed by atoms with Crippen LogP contribution in [0, 0.1) is 5.92 Å². The molecule has 1 unspecified atom stereocenters. The third-order valence-corrected chi connectivity index (χ3v) is 8.23. The van der Waals surface area contributed by atoms with Crippen LogP contribution in [0.15, 0.2) is 0 Å². The molecule has 12 heteroatoms. The van der Waals surface area contributed by atoms with Gasteiger partial charge in [0.1, 0.15) is 29.9 Å². The number of ether oxygens (including phenoxy) is 1. The summed E-state index contributed by atoms with van der Waals surface area (Å²) in [6.45, 7) is 4.70. The molecule has 0 saturated carbocycles. The van der Waals surface area contributed by atoms with E-state index in [0.29, 0.717) is 5.92 Å². The van der Waals surface area contributed by atoms with E-state index in [2.05, 4.69) is 12.2 Å². The molecule has 3 N–H and O–H groups in total. The van der Waals surface area contributed by atoms with Gasteiger partial charge in [-0.15, -0.1) is 23.4 Å². The van der Waals surface area contributed by atoms with Crippen LogP contribution in [-0.2, 0) is 23.1 Å². The lowest BCUT2D eigenvalue weighted by Crippen LogP contribution is -2.67.